The summed E-state index contributed by atoms with van der Waals surface area (Å²) >= 11 is 3.15. The highest BCUT2D eigenvalue weighted by atomic mass is 32.2. The number of rotatable bonds is 4. The second kappa shape index (κ2) is 6.85. The number of hydrogen-bond donors (Lipinski definition) is 0. The fourth-order valence-electron chi connectivity index (χ4n) is 1.88. The fraction of sp³-hybridized carbons (Fsp3) is 0.846. The Morgan fingerprint density at radius 2 is 2.00 bits per heavy atom. The Kier molecular flexibility index (Phi) is 6.05. The summed E-state index contributed by atoms with van der Waals surface area (Å²) in [6.45, 7) is 7.27. The van der Waals surface area contributed by atoms with Crippen LogP contribution < -0.4 is 0 Å². The summed E-state index contributed by atoms with van der Waals surface area (Å²) in [4.78, 5) is 22.9. The predicted molar refractivity (Wildman–Crippen MR) is 77.9 cm³/mol. The van der Waals surface area contributed by atoms with Gasteiger partial charge in [0.05, 0.1) is 5.92 Å². The van der Waals surface area contributed by atoms with Crippen molar-refractivity contribution < 1.29 is 14.3 Å². The minimum Gasteiger partial charge on any atom is -0.460 e. The van der Waals surface area contributed by atoms with Gasteiger partial charge in [0, 0.05) is 18.4 Å². The first-order chi connectivity index (χ1) is 8.29. The lowest BCUT2D eigenvalue weighted by Gasteiger charge is -2.24. The molecule has 18 heavy (non-hydrogen) atoms. The second-order valence-corrected chi connectivity index (χ2v) is 7.91. The number of thioether (sulfide) groups is 2. The summed E-state index contributed by atoms with van der Waals surface area (Å²) in [5, 5.41) is 0.148. The Morgan fingerprint density at radius 1 is 1.33 bits per heavy atom. The number of hydrogen-bond acceptors (Lipinski definition) is 5. The molecule has 1 fully saturated rings. The summed E-state index contributed by atoms with van der Waals surface area (Å²) < 4.78 is 5.45. The standard InChI is InChI=1S/C13H22O3S2/c1-9(14)18-6-5-10-7-17-8-11(10)12(15)16-13(2,3)4/h10-11H,5-8H2,1-4H3. The lowest BCUT2D eigenvalue weighted by Crippen LogP contribution is -2.32. The van der Waals surface area contributed by atoms with Crippen LogP contribution in [0.3, 0.4) is 0 Å². The van der Waals surface area contributed by atoms with E-state index in [0.29, 0.717) is 5.92 Å². The molecule has 1 aliphatic heterocycles. The Balaban J connectivity index is 2.43. The Morgan fingerprint density at radius 3 is 2.56 bits per heavy atom. The molecule has 0 amide bonds. The maximum absolute atomic E-state index is 12.1. The first-order valence-electron chi connectivity index (χ1n) is 6.23. The molecule has 2 unspecified atom stereocenters. The molecule has 104 valence electrons. The van der Waals surface area contributed by atoms with Gasteiger partial charge in [-0.15, -0.1) is 0 Å². The van der Waals surface area contributed by atoms with Crippen LogP contribution >= 0.6 is 23.5 Å². The zero-order valence-corrected chi connectivity index (χ0v) is 13.2. The third kappa shape index (κ3) is 5.65. The maximum atomic E-state index is 12.1. The van der Waals surface area contributed by atoms with E-state index in [4.69, 9.17) is 4.74 Å². The number of ether oxygens (including phenoxy) is 1. The van der Waals surface area contributed by atoms with E-state index in [1.54, 1.807) is 6.92 Å². The topological polar surface area (TPSA) is 43.4 Å². The smallest absolute Gasteiger partial charge is 0.310 e. The minimum atomic E-state index is -0.414. The molecule has 1 aliphatic rings. The van der Waals surface area contributed by atoms with Crippen molar-refractivity contribution in [3.63, 3.8) is 0 Å². The summed E-state index contributed by atoms with van der Waals surface area (Å²) in [5.41, 5.74) is -0.414. The molecule has 0 N–H and O–H groups in total. The maximum Gasteiger partial charge on any atom is 0.310 e. The molecule has 0 bridgehead atoms. The lowest BCUT2D eigenvalue weighted by molar-refractivity contribution is -0.160. The molecule has 1 heterocycles. The molecule has 0 aromatic carbocycles. The van der Waals surface area contributed by atoms with Crippen LogP contribution in [0.2, 0.25) is 0 Å². The van der Waals surface area contributed by atoms with Gasteiger partial charge in [0.25, 0.3) is 0 Å². The van der Waals surface area contributed by atoms with Gasteiger partial charge < -0.3 is 4.74 Å². The summed E-state index contributed by atoms with van der Waals surface area (Å²) in [6, 6.07) is 0. The van der Waals surface area contributed by atoms with E-state index in [1.807, 2.05) is 32.5 Å². The molecule has 5 heteroatoms. The zero-order chi connectivity index (χ0) is 13.8. The van der Waals surface area contributed by atoms with E-state index in [9.17, 15) is 9.59 Å². The zero-order valence-electron chi connectivity index (χ0n) is 11.5. The van der Waals surface area contributed by atoms with Crippen LogP contribution in [-0.4, -0.2) is 33.9 Å². The molecule has 1 saturated heterocycles. The molecule has 3 nitrogen and oxygen atoms in total. The largest absolute Gasteiger partial charge is 0.460 e. The molecule has 0 radical (unpaired) electrons. The van der Waals surface area contributed by atoms with Crippen LogP contribution in [-0.2, 0) is 14.3 Å². The second-order valence-electron chi connectivity index (χ2n) is 5.57. The Bertz CT molecular complexity index is 310. The van der Waals surface area contributed by atoms with E-state index < -0.39 is 5.60 Å². The molecular weight excluding hydrogens is 268 g/mol. The third-order valence-corrected chi connectivity index (χ3v) is 4.81. The molecule has 0 aromatic heterocycles. The molecular formula is C13H22O3S2. The summed E-state index contributed by atoms with van der Waals surface area (Å²) in [6.07, 6.45) is 0.918. The van der Waals surface area contributed by atoms with Crippen LogP contribution in [0.1, 0.15) is 34.1 Å². The van der Waals surface area contributed by atoms with Gasteiger partial charge >= 0.3 is 5.97 Å². The Labute approximate surface area is 118 Å². The SMILES string of the molecule is CC(=O)SCCC1CSCC1C(=O)OC(C)(C)C. The van der Waals surface area contributed by atoms with Gasteiger partial charge in [-0.2, -0.15) is 11.8 Å². The normalized spacial score (nSPS) is 24.0. The van der Waals surface area contributed by atoms with Gasteiger partial charge in [-0.1, -0.05) is 11.8 Å². The predicted octanol–water partition coefficient (Wildman–Crippen LogP) is 2.98. The van der Waals surface area contributed by atoms with Crippen LogP contribution in [0.4, 0.5) is 0 Å². The fourth-order valence-corrected chi connectivity index (χ4v) is 4.08. The van der Waals surface area contributed by atoms with E-state index >= 15 is 0 Å². The van der Waals surface area contributed by atoms with Crippen molar-refractivity contribution >= 4 is 34.6 Å². The quantitative estimate of drug-likeness (QED) is 0.745. The first kappa shape index (κ1) is 15.9. The van der Waals surface area contributed by atoms with Gasteiger partial charge in [0.1, 0.15) is 5.60 Å². The van der Waals surface area contributed by atoms with E-state index in [-0.39, 0.29) is 17.0 Å². The van der Waals surface area contributed by atoms with Crippen molar-refractivity contribution in [1.29, 1.82) is 0 Å². The van der Waals surface area contributed by atoms with Crippen LogP contribution in [0.25, 0.3) is 0 Å². The molecule has 1 rings (SSSR count). The van der Waals surface area contributed by atoms with Crippen molar-refractivity contribution in [1.82, 2.24) is 0 Å². The molecule has 2 atom stereocenters. The molecule has 0 spiro atoms. The van der Waals surface area contributed by atoms with E-state index in [2.05, 4.69) is 0 Å². The third-order valence-electron chi connectivity index (χ3n) is 2.70. The van der Waals surface area contributed by atoms with Gasteiger partial charge in [0.15, 0.2) is 5.12 Å². The number of carbonyl (C=O) groups excluding carboxylic acids is 2. The van der Waals surface area contributed by atoms with Crippen molar-refractivity contribution in [2.24, 2.45) is 11.8 Å². The van der Waals surface area contributed by atoms with Crippen molar-refractivity contribution in [2.45, 2.75) is 39.7 Å². The monoisotopic (exact) mass is 290 g/mol. The van der Waals surface area contributed by atoms with Crippen LogP contribution in [0.5, 0.6) is 0 Å². The molecule has 0 aliphatic carbocycles. The highest BCUT2D eigenvalue weighted by molar-refractivity contribution is 8.13. The minimum absolute atomic E-state index is 0.00165. The van der Waals surface area contributed by atoms with Crippen molar-refractivity contribution in [3.8, 4) is 0 Å². The number of esters is 1. The van der Waals surface area contributed by atoms with Gasteiger partial charge in [-0.05, 0) is 38.9 Å². The Hall–Kier alpha value is -0.160. The van der Waals surface area contributed by atoms with Gasteiger partial charge in [0.2, 0.25) is 0 Å². The highest BCUT2D eigenvalue weighted by Gasteiger charge is 2.36. The number of carbonyl (C=O) groups is 2. The summed E-state index contributed by atoms with van der Waals surface area (Å²) in [7, 11) is 0. The van der Waals surface area contributed by atoms with Gasteiger partial charge in [-0.3, -0.25) is 9.59 Å². The van der Waals surface area contributed by atoms with E-state index in [0.717, 1.165) is 23.7 Å². The molecule has 0 aromatic rings. The van der Waals surface area contributed by atoms with Crippen LogP contribution in [0.15, 0.2) is 0 Å². The van der Waals surface area contributed by atoms with Crippen molar-refractivity contribution in [2.75, 3.05) is 17.3 Å². The lowest BCUT2D eigenvalue weighted by atomic mass is 9.93. The highest BCUT2D eigenvalue weighted by Crippen LogP contribution is 2.34. The van der Waals surface area contributed by atoms with Crippen LogP contribution in [0, 0.1) is 11.8 Å². The van der Waals surface area contributed by atoms with Gasteiger partial charge in [-0.25, -0.2) is 0 Å². The van der Waals surface area contributed by atoms with E-state index in [1.165, 1.54) is 11.8 Å². The molecule has 0 saturated carbocycles. The average molecular weight is 290 g/mol. The summed E-state index contributed by atoms with van der Waals surface area (Å²) in [5.74, 6) is 2.94. The van der Waals surface area contributed by atoms with Crippen molar-refractivity contribution in [3.05, 3.63) is 0 Å². The first-order valence-corrected chi connectivity index (χ1v) is 8.37. The average Bonchev–Trinajstić information content (AvgIpc) is 2.62.